The molecule has 1 amide bonds. The summed E-state index contributed by atoms with van der Waals surface area (Å²) in [5.41, 5.74) is 6.27. The van der Waals surface area contributed by atoms with Crippen molar-refractivity contribution in [3.63, 3.8) is 0 Å². The number of nitrogens with zero attached hydrogens (tertiary/aromatic N) is 1. The molecule has 1 fully saturated rings. The average molecular weight is 348 g/mol. The minimum absolute atomic E-state index is 0.267. The molecular formula is C23H28N2O. The van der Waals surface area contributed by atoms with Crippen LogP contribution >= 0.6 is 0 Å². The van der Waals surface area contributed by atoms with Crippen molar-refractivity contribution in [3.05, 3.63) is 70.3 Å². The van der Waals surface area contributed by atoms with Gasteiger partial charge in [0.05, 0.1) is 0 Å². The molecule has 3 rings (SSSR count). The van der Waals surface area contributed by atoms with E-state index >= 15 is 0 Å². The second kappa shape index (κ2) is 8.81. The number of rotatable bonds is 5. The second-order valence-corrected chi connectivity index (χ2v) is 7.01. The minimum Gasteiger partial charge on any atom is -0.340 e. The summed E-state index contributed by atoms with van der Waals surface area (Å²) >= 11 is 0. The van der Waals surface area contributed by atoms with Crippen LogP contribution in [0.4, 0.5) is 0 Å². The van der Waals surface area contributed by atoms with Gasteiger partial charge in [-0.3, -0.25) is 4.79 Å². The van der Waals surface area contributed by atoms with Crippen molar-refractivity contribution in [1.29, 1.82) is 0 Å². The Hall–Kier alpha value is -2.39. The molecule has 1 N–H and O–H groups in total. The van der Waals surface area contributed by atoms with Crippen LogP contribution in [-0.2, 0) is 11.2 Å². The summed E-state index contributed by atoms with van der Waals surface area (Å²) in [7, 11) is 0. The lowest BCUT2D eigenvalue weighted by atomic mass is 10.0. The highest BCUT2D eigenvalue weighted by Gasteiger charge is 2.15. The summed E-state index contributed by atoms with van der Waals surface area (Å²) in [5.74, 6) is 0.267. The molecular weight excluding hydrogens is 320 g/mol. The lowest BCUT2D eigenvalue weighted by molar-refractivity contribution is -0.131. The predicted molar refractivity (Wildman–Crippen MR) is 109 cm³/mol. The smallest absolute Gasteiger partial charge is 0.222 e. The van der Waals surface area contributed by atoms with Crippen LogP contribution in [0.15, 0.2) is 42.5 Å². The molecule has 1 heterocycles. The molecule has 26 heavy (non-hydrogen) atoms. The molecule has 0 aromatic heterocycles. The molecule has 1 aliphatic heterocycles. The van der Waals surface area contributed by atoms with E-state index in [0.717, 1.165) is 32.6 Å². The predicted octanol–water partition coefficient (Wildman–Crippen LogP) is 3.84. The van der Waals surface area contributed by atoms with E-state index in [9.17, 15) is 4.79 Å². The van der Waals surface area contributed by atoms with Gasteiger partial charge >= 0.3 is 0 Å². The van der Waals surface area contributed by atoms with Gasteiger partial charge in [-0.2, -0.15) is 0 Å². The summed E-state index contributed by atoms with van der Waals surface area (Å²) in [6.07, 6.45) is 5.74. The molecule has 0 radical (unpaired) electrons. The van der Waals surface area contributed by atoms with Gasteiger partial charge in [-0.1, -0.05) is 54.6 Å². The van der Waals surface area contributed by atoms with E-state index in [1.807, 2.05) is 4.90 Å². The molecule has 0 unspecified atom stereocenters. The highest BCUT2D eigenvalue weighted by atomic mass is 16.2. The summed E-state index contributed by atoms with van der Waals surface area (Å²) in [5, 5.41) is 3.28. The number of benzene rings is 2. The SMILES string of the molecule is Cc1cccc(C)c1C=Cc1cccc(CCC(=O)N2CCNCC2)c1. The van der Waals surface area contributed by atoms with Crippen molar-refractivity contribution in [2.45, 2.75) is 26.7 Å². The van der Waals surface area contributed by atoms with Gasteiger partial charge < -0.3 is 10.2 Å². The Kier molecular flexibility index (Phi) is 6.24. The van der Waals surface area contributed by atoms with E-state index in [0.29, 0.717) is 6.42 Å². The number of aryl methyl sites for hydroxylation is 3. The van der Waals surface area contributed by atoms with Crippen LogP contribution in [0.2, 0.25) is 0 Å². The Balaban J connectivity index is 1.63. The molecule has 1 aliphatic rings. The molecule has 0 bridgehead atoms. The van der Waals surface area contributed by atoms with Gasteiger partial charge in [0, 0.05) is 32.6 Å². The fourth-order valence-corrected chi connectivity index (χ4v) is 3.45. The first kappa shape index (κ1) is 18.4. The number of carbonyl (C=O) groups excluding carboxylic acids is 1. The number of amides is 1. The summed E-state index contributed by atoms with van der Waals surface area (Å²) in [6, 6.07) is 14.9. The zero-order valence-electron chi connectivity index (χ0n) is 15.8. The van der Waals surface area contributed by atoms with Crippen LogP contribution < -0.4 is 5.32 Å². The van der Waals surface area contributed by atoms with E-state index in [1.54, 1.807) is 0 Å². The topological polar surface area (TPSA) is 32.3 Å². The first-order valence-electron chi connectivity index (χ1n) is 9.45. The first-order valence-corrected chi connectivity index (χ1v) is 9.45. The molecule has 0 saturated carbocycles. The second-order valence-electron chi connectivity index (χ2n) is 7.01. The van der Waals surface area contributed by atoms with Gasteiger partial charge in [-0.05, 0) is 48.1 Å². The zero-order chi connectivity index (χ0) is 18.4. The van der Waals surface area contributed by atoms with Crippen LogP contribution in [0.1, 0.15) is 34.2 Å². The fraction of sp³-hybridized carbons (Fsp3) is 0.348. The van der Waals surface area contributed by atoms with Crippen molar-refractivity contribution in [3.8, 4) is 0 Å². The Labute approximate surface area is 156 Å². The Morgan fingerprint density at radius 2 is 1.73 bits per heavy atom. The van der Waals surface area contributed by atoms with Gasteiger partial charge in [-0.25, -0.2) is 0 Å². The standard InChI is InChI=1S/C23H28N2O/c1-18-5-3-6-19(2)22(18)11-9-20-7-4-8-21(17-20)10-12-23(26)25-15-13-24-14-16-25/h3-9,11,17,24H,10,12-16H2,1-2H3. The van der Waals surface area contributed by atoms with Crippen LogP contribution in [-0.4, -0.2) is 37.0 Å². The van der Waals surface area contributed by atoms with E-state index in [-0.39, 0.29) is 5.91 Å². The molecule has 0 atom stereocenters. The van der Waals surface area contributed by atoms with Crippen molar-refractivity contribution in [1.82, 2.24) is 10.2 Å². The number of hydrogen-bond acceptors (Lipinski definition) is 2. The normalized spacial score (nSPS) is 14.8. The van der Waals surface area contributed by atoms with E-state index < -0.39 is 0 Å². The van der Waals surface area contributed by atoms with Crippen LogP contribution in [0, 0.1) is 13.8 Å². The maximum atomic E-state index is 12.3. The Bertz CT molecular complexity index is 768. The van der Waals surface area contributed by atoms with Crippen LogP contribution in [0.3, 0.4) is 0 Å². The molecule has 0 spiro atoms. The van der Waals surface area contributed by atoms with E-state index in [2.05, 4.69) is 73.8 Å². The molecule has 1 saturated heterocycles. The molecule has 3 heteroatoms. The monoisotopic (exact) mass is 348 g/mol. The van der Waals surface area contributed by atoms with Crippen molar-refractivity contribution >= 4 is 18.1 Å². The number of nitrogens with one attached hydrogen (secondary N) is 1. The van der Waals surface area contributed by atoms with E-state index in [1.165, 1.54) is 27.8 Å². The Morgan fingerprint density at radius 3 is 2.46 bits per heavy atom. The van der Waals surface area contributed by atoms with Crippen LogP contribution in [0.25, 0.3) is 12.2 Å². The maximum Gasteiger partial charge on any atom is 0.222 e. The summed E-state index contributed by atoms with van der Waals surface area (Å²) < 4.78 is 0. The lowest BCUT2D eigenvalue weighted by Crippen LogP contribution is -2.46. The van der Waals surface area contributed by atoms with Crippen molar-refractivity contribution < 1.29 is 4.79 Å². The maximum absolute atomic E-state index is 12.3. The van der Waals surface area contributed by atoms with Gasteiger partial charge in [0.1, 0.15) is 0 Å². The van der Waals surface area contributed by atoms with Gasteiger partial charge in [0.25, 0.3) is 0 Å². The lowest BCUT2D eigenvalue weighted by Gasteiger charge is -2.27. The summed E-state index contributed by atoms with van der Waals surface area (Å²) in [6.45, 7) is 7.76. The third kappa shape index (κ3) is 4.83. The molecule has 2 aromatic rings. The summed E-state index contributed by atoms with van der Waals surface area (Å²) in [4.78, 5) is 14.3. The molecule has 136 valence electrons. The largest absolute Gasteiger partial charge is 0.340 e. The quantitative estimate of drug-likeness (QED) is 0.833. The van der Waals surface area contributed by atoms with Crippen molar-refractivity contribution in [2.75, 3.05) is 26.2 Å². The third-order valence-corrected chi connectivity index (χ3v) is 5.03. The number of piperazine rings is 1. The molecule has 0 aliphatic carbocycles. The van der Waals surface area contributed by atoms with Crippen LogP contribution in [0.5, 0.6) is 0 Å². The van der Waals surface area contributed by atoms with E-state index in [4.69, 9.17) is 0 Å². The Morgan fingerprint density at radius 1 is 1.04 bits per heavy atom. The third-order valence-electron chi connectivity index (χ3n) is 5.03. The van der Waals surface area contributed by atoms with Gasteiger partial charge in [-0.15, -0.1) is 0 Å². The molecule has 2 aromatic carbocycles. The zero-order valence-corrected chi connectivity index (χ0v) is 15.8. The van der Waals surface area contributed by atoms with Crippen molar-refractivity contribution in [2.24, 2.45) is 0 Å². The fourth-order valence-electron chi connectivity index (χ4n) is 3.45. The first-order chi connectivity index (χ1) is 12.6. The number of hydrogen-bond donors (Lipinski definition) is 1. The van der Waals surface area contributed by atoms with Gasteiger partial charge in [0.2, 0.25) is 5.91 Å². The highest BCUT2D eigenvalue weighted by Crippen LogP contribution is 2.18. The van der Waals surface area contributed by atoms with Gasteiger partial charge in [0.15, 0.2) is 0 Å². The average Bonchev–Trinajstić information content (AvgIpc) is 2.67. The highest BCUT2D eigenvalue weighted by molar-refractivity contribution is 5.77. The minimum atomic E-state index is 0.267. The number of carbonyl (C=O) groups is 1. The molecule has 3 nitrogen and oxygen atoms in total.